The van der Waals surface area contributed by atoms with E-state index in [1.807, 2.05) is 30.3 Å². The van der Waals surface area contributed by atoms with E-state index < -0.39 is 0 Å². The predicted molar refractivity (Wildman–Crippen MR) is 90.9 cm³/mol. The van der Waals surface area contributed by atoms with Crippen molar-refractivity contribution in [2.75, 3.05) is 6.54 Å². The highest BCUT2D eigenvalue weighted by molar-refractivity contribution is 9.09. The largest absolute Gasteiger partial charge is 0.351 e. The summed E-state index contributed by atoms with van der Waals surface area (Å²) >= 11 is 3.63. The second kappa shape index (κ2) is 6.56. The molecule has 0 saturated carbocycles. The van der Waals surface area contributed by atoms with Gasteiger partial charge in [-0.05, 0) is 36.1 Å². The van der Waals surface area contributed by atoms with Gasteiger partial charge in [-0.3, -0.25) is 9.78 Å². The topological polar surface area (TPSA) is 42.0 Å². The molecule has 1 heterocycles. The van der Waals surface area contributed by atoms with Gasteiger partial charge < -0.3 is 5.32 Å². The number of benzene rings is 1. The van der Waals surface area contributed by atoms with Crippen LogP contribution in [-0.4, -0.2) is 22.3 Å². The van der Waals surface area contributed by atoms with Crippen LogP contribution < -0.4 is 5.32 Å². The van der Waals surface area contributed by atoms with Crippen LogP contribution in [0.5, 0.6) is 0 Å². The third-order valence-electron chi connectivity index (χ3n) is 3.18. The molecule has 4 heteroatoms. The second-order valence-electron chi connectivity index (χ2n) is 6.48. The molecule has 0 spiro atoms. The molecule has 3 nitrogen and oxygen atoms in total. The zero-order valence-electron chi connectivity index (χ0n) is 12.7. The first kappa shape index (κ1) is 16.0. The Morgan fingerprint density at radius 3 is 2.81 bits per heavy atom. The van der Waals surface area contributed by atoms with Gasteiger partial charge in [-0.15, -0.1) is 0 Å². The number of carbonyl (C=O) groups is 1. The number of hydrogen-bond acceptors (Lipinski definition) is 2. The van der Waals surface area contributed by atoms with Gasteiger partial charge in [0, 0.05) is 28.5 Å². The van der Waals surface area contributed by atoms with Crippen molar-refractivity contribution in [3.63, 3.8) is 0 Å². The van der Waals surface area contributed by atoms with Crippen LogP contribution in [-0.2, 0) is 0 Å². The zero-order chi connectivity index (χ0) is 15.5. The van der Waals surface area contributed by atoms with Crippen LogP contribution in [0.1, 0.15) is 37.6 Å². The van der Waals surface area contributed by atoms with Crippen LogP contribution in [0.2, 0.25) is 0 Å². The number of amides is 1. The van der Waals surface area contributed by atoms with Crippen LogP contribution in [0.25, 0.3) is 10.9 Å². The number of fused-ring (bicyclic) bond motifs is 1. The highest BCUT2D eigenvalue weighted by Crippen LogP contribution is 2.24. The van der Waals surface area contributed by atoms with Crippen molar-refractivity contribution in [2.45, 2.75) is 32.0 Å². The van der Waals surface area contributed by atoms with Crippen LogP contribution in [0.15, 0.2) is 36.5 Å². The summed E-state index contributed by atoms with van der Waals surface area (Å²) in [6.07, 6.45) is 2.76. The maximum absolute atomic E-state index is 12.2. The lowest BCUT2D eigenvalue weighted by Gasteiger charge is -2.22. The molecular formula is C17H21BrN2O. The molecule has 0 bridgehead atoms. The number of halogens is 1. The van der Waals surface area contributed by atoms with Gasteiger partial charge in [0.1, 0.15) is 0 Å². The Kier molecular flexibility index (Phi) is 4.99. The summed E-state index contributed by atoms with van der Waals surface area (Å²) in [6.45, 7) is 7.21. The molecule has 0 aliphatic rings. The Labute approximate surface area is 134 Å². The molecule has 2 aromatic rings. The van der Waals surface area contributed by atoms with E-state index >= 15 is 0 Å². The standard InChI is InChI=1S/C17H21BrN2O/c1-17(2,3)10-14(18)11-20-16(21)13-6-7-15-12(9-13)5-4-8-19-15/h4-9,14H,10-11H2,1-3H3,(H,20,21). The minimum Gasteiger partial charge on any atom is -0.351 e. The van der Waals surface area contributed by atoms with Crippen LogP contribution in [0, 0.1) is 5.41 Å². The van der Waals surface area contributed by atoms with Gasteiger partial charge >= 0.3 is 0 Å². The van der Waals surface area contributed by atoms with Gasteiger partial charge in [0.25, 0.3) is 5.91 Å². The molecular weight excluding hydrogens is 328 g/mol. The molecule has 2 rings (SSSR count). The predicted octanol–water partition coefficient (Wildman–Crippen LogP) is 4.16. The van der Waals surface area contributed by atoms with Crippen LogP contribution in [0.4, 0.5) is 0 Å². The van der Waals surface area contributed by atoms with Crippen molar-refractivity contribution in [2.24, 2.45) is 5.41 Å². The number of aromatic nitrogens is 1. The van der Waals surface area contributed by atoms with E-state index in [1.165, 1.54) is 0 Å². The maximum Gasteiger partial charge on any atom is 0.251 e. The molecule has 21 heavy (non-hydrogen) atoms. The SMILES string of the molecule is CC(C)(C)CC(Br)CNC(=O)c1ccc2ncccc2c1. The highest BCUT2D eigenvalue weighted by atomic mass is 79.9. The fourth-order valence-electron chi connectivity index (χ4n) is 2.26. The van der Waals surface area contributed by atoms with Gasteiger partial charge in [0.15, 0.2) is 0 Å². The fraction of sp³-hybridized carbons (Fsp3) is 0.412. The number of rotatable bonds is 4. The molecule has 112 valence electrons. The van der Waals surface area contributed by atoms with Crippen LogP contribution >= 0.6 is 15.9 Å². The van der Waals surface area contributed by atoms with Gasteiger partial charge in [0.2, 0.25) is 0 Å². The lowest BCUT2D eigenvalue weighted by atomic mass is 9.90. The highest BCUT2D eigenvalue weighted by Gasteiger charge is 2.17. The zero-order valence-corrected chi connectivity index (χ0v) is 14.3. The summed E-state index contributed by atoms with van der Waals surface area (Å²) in [5, 5.41) is 3.96. The second-order valence-corrected chi connectivity index (χ2v) is 7.78. The van der Waals surface area contributed by atoms with Gasteiger partial charge in [-0.25, -0.2) is 0 Å². The number of nitrogens with zero attached hydrogens (tertiary/aromatic N) is 1. The minimum absolute atomic E-state index is 0.0425. The normalized spacial score (nSPS) is 13.1. The van der Waals surface area contributed by atoms with E-state index in [4.69, 9.17) is 0 Å². The average Bonchev–Trinajstić information content (AvgIpc) is 2.42. The summed E-state index contributed by atoms with van der Waals surface area (Å²) in [5.41, 5.74) is 1.82. The quantitative estimate of drug-likeness (QED) is 0.842. The van der Waals surface area contributed by atoms with E-state index in [9.17, 15) is 4.79 Å². The average molecular weight is 349 g/mol. The van der Waals surface area contributed by atoms with Gasteiger partial charge in [0.05, 0.1) is 5.52 Å². The fourth-order valence-corrected chi connectivity index (χ4v) is 3.39. The Bertz CT molecular complexity index is 634. The summed E-state index contributed by atoms with van der Waals surface area (Å²) < 4.78 is 0. The third-order valence-corrected chi connectivity index (χ3v) is 3.83. The lowest BCUT2D eigenvalue weighted by Crippen LogP contribution is -2.31. The van der Waals surface area contributed by atoms with Crippen molar-refractivity contribution < 1.29 is 4.79 Å². The molecule has 1 aromatic heterocycles. The third kappa shape index (κ3) is 4.81. The number of alkyl halides is 1. The Hall–Kier alpha value is -1.42. The summed E-state index contributed by atoms with van der Waals surface area (Å²) in [7, 11) is 0. The van der Waals surface area contributed by atoms with Crippen LogP contribution in [0.3, 0.4) is 0 Å². The molecule has 1 amide bonds. The molecule has 1 N–H and O–H groups in total. The van der Waals surface area contributed by atoms with Gasteiger partial charge in [-0.2, -0.15) is 0 Å². The maximum atomic E-state index is 12.2. The first-order valence-corrected chi connectivity index (χ1v) is 8.04. The van der Waals surface area contributed by atoms with Gasteiger partial charge in [-0.1, -0.05) is 42.8 Å². The number of pyridine rings is 1. The Morgan fingerprint density at radius 1 is 1.33 bits per heavy atom. The number of carbonyl (C=O) groups excluding carboxylic acids is 1. The Balaban J connectivity index is 1.99. The van der Waals surface area contributed by atoms with E-state index in [0.29, 0.717) is 12.1 Å². The molecule has 1 aromatic carbocycles. The smallest absolute Gasteiger partial charge is 0.251 e. The first-order chi connectivity index (χ1) is 9.85. The minimum atomic E-state index is -0.0425. The number of hydrogen-bond donors (Lipinski definition) is 1. The molecule has 0 radical (unpaired) electrons. The molecule has 1 unspecified atom stereocenters. The molecule has 0 fully saturated rings. The first-order valence-electron chi connectivity index (χ1n) is 7.12. The summed E-state index contributed by atoms with van der Waals surface area (Å²) in [5.74, 6) is -0.0425. The lowest BCUT2D eigenvalue weighted by molar-refractivity contribution is 0.0952. The summed E-state index contributed by atoms with van der Waals surface area (Å²) in [6, 6.07) is 9.42. The van der Waals surface area contributed by atoms with Crippen molar-refractivity contribution >= 4 is 32.7 Å². The molecule has 0 aliphatic heterocycles. The molecule has 0 saturated heterocycles. The van der Waals surface area contributed by atoms with Crippen molar-refractivity contribution in [1.29, 1.82) is 0 Å². The number of nitrogens with one attached hydrogen (secondary N) is 1. The Morgan fingerprint density at radius 2 is 2.10 bits per heavy atom. The summed E-state index contributed by atoms with van der Waals surface area (Å²) in [4.78, 5) is 16.7. The van der Waals surface area contributed by atoms with E-state index in [0.717, 1.165) is 17.3 Å². The van der Waals surface area contributed by atoms with E-state index in [2.05, 4.69) is 47.0 Å². The molecule has 1 atom stereocenters. The molecule has 0 aliphatic carbocycles. The van der Waals surface area contributed by atoms with Crippen molar-refractivity contribution in [3.8, 4) is 0 Å². The van der Waals surface area contributed by atoms with Crippen molar-refractivity contribution in [1.82, 2.24) is 10.3 Å². The van der Waals surface area contributed by atoms with E-state index in [1.54, 1.807) is 6.20 Å². The van der Waals surface area contributed by atoms with E-state index in [-0.39, 0.29) is 16.1 Å². The van der Waals surface area contributed by atoms with Crippen molar-refractivity contribution in [3.05, 3.63) is 42.1 Å². The monoisotopic (exact) mass is 348 g/mol.